The van der Waals surface area contributed by atoms with Gasteiger partial charge in [0.2, 0.25) is 0 Å². The van der Waals surface area contributed by atoms with Crippen LogP contribution in [0.15, 0.2) is 29.3 Å². The van der Waals surface area contributed by atoms with E-state index in [-0.39, 0.29) is 11.1 Å². The monoisotopic (exact) mass is 446 g/mol. The van der Waals surface area contributed by atoms with Gasteiger partial charge in [0.1, 0.15) is 17.1 Å². The van der Waals surface area contributed by atoms with E-state index in [4.69, 9.17) is 11.6 Å². The summed E-state index contributed by atoms with van der Waals surface area (Å²) in [4.78, 5) is 17.5. The number of hydrogen-bond acceptors (Lipinski definition) is 5. The van der Waals surface area contributed by atoms with E-state index in [0.29, 0.717) is 28.4 Å². The number of nitrogens with one attached hydrogen (secondary N) is 2. The first-order valence-electron chi connectivity index (χ1n) is 8.65. The third-order valence-corrected chi connectivity index (χ3v) is 5.50. The summed E-state index contributed by atoms with van der Waals surface area (Å²) >= 11 is 6.86. The smallest absolute Gasteiger partial charge is 0.335 e. The second-order valence-electron chi connectivity index (χ2n) is 6.28. The molecule has 1 atom stereocenters. The molecule has 0 fully saturated rings. The Labute approximate surface area is 174 Å². The van der Waals surface area contributed by atoms with Gasteiger partial charge < -0.3 is 9.88 Å². The number of carbonyl (C=O) groups is 1. The summed E-state index contributed by atoms with van der Waals surface area (Å²) in [5.74, 6) is -0.340. The van der Waals surface area contributed by atoms with Crippen LogP contribution in [-0.2, 0) is 11.3 Å². The lowest BCUT2D eigenvalue weighted by atomic mass is 10.2. The van der Waals surface area contributed by atoms with Gasteiger partial charge in [-0.3, -0.25) is 9.53 Å². The van der Waals surface area contributed by atoms with Crippen molar-refractivity contribution < 1.29 is 22.7 Å². The highest BCUT2D eigenvalue weighted by atomic mass is 35.5. The summed E-state index contributed by atoms with van der Waals surface area (Å²) in [6.07, 6.45) is 0.0362. The van der Waals surface area contributed by atoms with Crippen molar-refractivity contribution in [3.63, 3.8) is 0 Å². The Bertz CT molecular complexity index is 946. The zero-order valence-corrected chi connectivity index (χ0v) is 17.1. The molecule has 6 nitrogen and oxygen atoms in total. The summed E-state index contributed by atoms with van der Waals surface area (Å²) < 4.78 is 45.5. The largest absolute Gasteiger partial charge is 0.524 e. The molecule has 0 bridgehead atoms. The maximum absolute atomic E-state index is 12.9. The molecule has 0 aromatic carbocycles. The predicted molar refractivity (Wildman–Crippen MR) is 106 cm³/mol. The Morgan fingerprint density at radius 2 is 2.21 bits per heavy atom. The molecule has 156 valence electrons. The molecule has 1 unspecified atom stereocenters. The number of nitrogens with zero attached hydrogens (tertiary/aromatic N) is 2. The molecular weight excluding hydrogens is 429 g/mol. The summed E-state index contributed by atoms with van der Waals surface area (Å²) in [5.41, 5.74) is 2.34. The van der Waals surface area contributed by atoms with Crippen LogP contribution in [0.4, 0.5) is 18.9 Å². The number of halogens is 4. The molecule has 0 spiro atoms. The van der Waals surface area contributed by atoms with E-state index >= 15 is 0 Å². The van der Waals surface area contributed by atoms with Gasteiger partial charge in [-0.05, 0) is 56.0 Å². The molecule has 11 heteroatoms. The van der Waals surface area contributed by atoms with Crippen LogP contribution in [0, 0.1) is 6.92 Å². The van der Waals surface area contributed by atoms with Gasteiger partial charge >= 0.3 is 6.36 Å². The molecular formula is C18H18ClF3N4O2S. The Hall–Kier alpha value is -2.01. The number of amides is 1. The molecule has 3 heterocycles. The molecule has 2 aromatic rings. The zero-order chi connectivity index (χ0) is 21.2. The van der Waals surface area contributed by atoms with E-state index < -0.39 is 12.6 Å². The van der Waals surface area contributed by atoms with E-state index in [2.05, 4.69) is 19.8 Å². The van der Waals surface area contributed by atoms with Gasteiger partial charge in [-0.1, -0.05) is 17.7 Å². The number of carbonyl (C=O) groups excluding carboxylic acids is 1. The maximum Gasteiger partial charge on any atom is 0.524 e. The third-order valence-electron chi connectivity index (χ3n) is 4.12. The number of rotatable bonds is 6. The van der Waals surface area contributed by atoms with Crippen LogP contribution in [0.5, 0.6) is 0 Å². The third kappa shape index (κ3) is 5.33. The lowest BCUT2D eigenvalue weighted by Crippen LogP contribution is -2.30. The van der Waals surface area contributed by atoms with Gasteiger partial charge in [-0.25, -0.2) is 9.71 Å². The fourth-order valence-electron chi connectivity index (χ4n) is 3.00. The highest BCUT2D eigenvalue weighted by molar-refractivity contribution is 7.97. The molecule has 0 radical (unpaired) electrons. The fourth-order valence-corrected chi connectivity index (χ4v) is 4.04. The van der Waals surface area contributed by atoms with Crippen molar-refractivity contribution in [1.29, 1.82) is 0 Å². The van der Waals surface area contributed by atoms with Crippen LogP contribution in [0.3, 0.4) is 0 Å². The van der Waals surface area contributed by atoms with Gasteiger partial charge in [-0.15, -0.1) is 13.2 Å². The molecule has 1 aliphatic rings. The molecule has 0 aliphatic carbocycles. The number of fused-ring (bicyclic) bond motifs is 1. The first-order chi connectivity index (χ1) is 13.7. The SMILES string of the molecule is Cc1c(SNC(C)OC(F)(F)F)c2n(c1C(=O)Nc1ccnc(Cl)c1)CCC=C2. The summed E-state index contributed by atoms with van der Waals surface area (Å²) in [5, 5.41) is 3.04. The second-order valence-corrected chi connectivity index (χ2v) is 7.51. The molecule has 29 heavy (non-hydrogen) atoms. The number of hydrogen-bond donors (Lipinski definition) is 2. The topological polar surface area (TPSA) is 68.2 Å². The van der Waals surface area contributed by atoms with Crippen LogP contribution in [0.25, 0.3) is 6.08 Å². The van der Waals surface area contributed by atoms with Crippen molar-refractivity contribution >= 4 is 41.2 Å². The Balaban J connectivity index is 1.85. The highest BCUT2D eigenvalue weighted by Gasteiger charge is 2.32. The fraction of sp³-hybridized carbons (Fsp3) is 0.333. The first-order valence-corrected chi connectivity index (χ1v) is 9.84. The standard InChI is InChI=1S/C18H18ClF3N4O2S/c1-10-15(17(27)24-12-6-7-23-14(19)9-12)26-8-4-3-5-13(26)16(10)29-25-11(2)28-18(20,21)22/h3,5-7,9,11,25H,4,8H2,1-2H3,(H,23,24,27). The first kappa shape index (κ1) is 21.7. The zero-order valence-electron chi connectivity index (χ0n) is 15.5. The molecule has 0 saturated heterocycles. The number of aromatic nitrogens is 2. The number of anilines is 1. The van der Waals surface area contributed by atoms with Crippen LogP contribution in [0.1, 0.15) is 35.1 Å². The van der Waals surface area contributed by atoms with Gasteiger partial charge in [0.25, 0.3) is 5.91 Å². The lowest BCUT2D eigenvalue weighted by molar-refractivity contribution is -0.341. The van der Waals surface area contributed by atoms with Crippen LogP contribution in [0.2, 0.25) is 5.15 Å². The van der Waals surface area contributed by atoms with Crippen LogP contribution in [-0.4, -0.2) is 28.0 Å². The predicted octanol–water partition coefficient (Wildman–Crippen LogP) is 4.99. The molecule has 2 aromatic heterocycles. The molecule has 3 rings (SSSR count). The van der Waals surface area contributed by atoms with Crippen molar-refractivity contribution in [2.45, 2.75) is 44.3 Å². The van der Waals surface area contributed by atoms with Gasteiger partial charge in [0.05, 0.1) is 10.6 Å². The van der Waals surface area contributed by atoms with E-state index in [1.165, 1.54) is 19.2 Å². The van der Waals surface area contributed by atoms with E-state index in [0.717, 1.165) is 24.1 Å². The molecule has 0 saturated carbocycles. The van der Waals surface area contributed by atoms with Crippen molar-refractivity contribution in [1.82, 2.24) is 14.3 Å². The number of pyridine rings is 1. The minimum absolute atomic E-state index is 0.249. The molecule has 1 aliphatic heterocycles. The summed E-state index contributed by atoms with van der Waals surface area (Å²) in [7, 11) is 0. The van der Waals surface area contributed by atoms with E-state index in [1.54, 1.807) is 13.0 Å². The van der Waals surface area contributed by atoms with Crippen molar-refractivity contribution in [3.8, 4) is 0 Å². The Morgan fingerprint density at radius 3 is 2.90 bits per heavy atom. The highest BCUT2D eigenvalue weighted by Crippen LogP contribution is 2.34. The van der Waals surface area contributed by atoms with Crippen LogP contribution < -0.4 is 10.0 Å². The quantitative estimate of drug-likeness (QED) is 0.371. The average molecular weight is 447 g/mol. The van der Waals surface area contributed by atoms with Crippen LogP contribution >= 0.6 is 23.5 Å². The van der Waals surface area contributed by atoms with Gasteiger partial charge in [-0.2, -0.15) is 0 Å². The lowest BCUT2D eigenvalue weighted by Gasteiger charge is -2.17. The average Bonchev–Trinajstić information content (AvgIpc) is 2.90. The van der Waals surface area contributed by atoms with Gasteiger partial charge in [0.15, 0.2) is 0 Å². The molecule has 2 N–H and O–H groups in total. The van der Waals surface area contributed by atoms with E-state index in [9.17, 15) is 18.0 Å². The number of ether oxygens (including phenoxy) is 1. The van der Waals surface area contributed by atoms with Crippen molar-refractivity contribution in [3.05, 3.63) is 46.5 Å². The normalized spacial score (nSPS) is 14.6. The maximum atomic E-state index is 12.9. The van der Waals surface area contributed by atoms with Crippen molar-refractivity contribution in [2.75, 3.05) is 5.32 Å². The minimum atomic E-state index is -4.74. The second kappa shape index (κ2) is 8.78. The molecule has 1 amide bonds. The Kier molecular flexibility index (Phi) is 6.57. The minimum Gasteiger partial charge on any atom is -0.335 e. The Morgan fingerprint density at radius 1 is 1.45 bits per heavy atom. The van der Waals surface area contributed by atoms with Crippen molar-refractivity contribution in [2.24, 2.45) is 0 Å². The number of allylic oxidation sites excluding steroid dienone is 1. The van der Waals surface area contributed by atoms with Gasteiger partial charge in [0, 0.05) is 18.4 Å². The summed E-state index contributed by atoms with van der Waals surface area (Å²) in [6.45, 7) is 3.60. The van der Waals surface area contributed by atoms with E-state index in [1.807, 2.05) is 16.7 Å². The summed E-state index contributed by atoms with van der Waals surface area (Å²) in [6, 6.07) is 3.15. The number of alkyl halides is 3.